The highest BCUT2D eigenvalue weighted by Gasteiger charge is 2.40. The van der Waals surface area contributed by atoms with E-state index in [4.69, 9.17) is 14.2 Å². The standard InChI is InChI=1S/C24H38N2O5/c1-6-31-24(15-18(2)3,16-19(4)5)23(28)25-20-7-9-21(10-8-20)30-17-22(27)26-11-13-29-14-12-26/h7-10,18-19H,6,11-17H2,1-5H3,(H,25,28). The number of hydrogen-bond donors (Lipinski definition) is 1. The zero-order valence-electron chi connectivity index (χ0n) is 19.6. The topological polar surface area (TPSA) is 77.1 Å². The van der Waals surface area contributed by atoms with Gasteiger partial charge in [-0.05, 0) is 55.9 Å². The van der Waals surface area contributed by atoms with E-state index in [1.807, 2.05) is 6.92 Å². The molecule has 31 heavy (non-hydrogen) atoms. The number of morpholine rings is 1. The molecule has 0 aliphatic carbocycles. The Kier molecular flexibility index (Phi) is 9.78. The molecule has 0 saturated carbocycles. The number of ether oxygens (including phenoxy) is 3. The molecule has 1 aliphatic heterocycles. The van der Waals surface area contributed by atoms with Gasteiger partial charge in [-0.2, -0.15) is 0 Å². The first kappa shape index (κ1) is 25.1. The molecule has 1 heterocycles. The molecule has 0 spiro atoms. The summed E-state index contributed by atoms with van der Waals surface area (Å²) >= 11 is 0. The molecule has 7 heteroatoms. The van der Waals surface area contributed by atoms with Crippen molar-refractivity contribution in [2.24, 2.45) is 11.8 Å². The molecule has 1 aliphatic rings. The molecule has 1 saturated heterocycles. The Morgan fingerprint density at radius 3 is 2.16 bits per heavy atom. The van der Waals surface area contributed by atoms with Gasteiger partial charge in [0.25, 0.3) is 11.8 Å². The quantitative estimate of drug-likeness (QED) is 0.574. The summed E-state index contributed by atoms with van der Waals surface area (Å²) in [6.07, 6.45) is 1.32. The number of hydrogen-bond acceptors (Lipinski definition) is 5. The maximum Gasteiger partial charge on any atom is 0.260 e. The molecule has 0 aromatic heterocycles. The molecule has 1 fully saturated rings. The Morgan fingerprint density at radius 2 is 1.65 bits per heavy atom. The van der Waals surface area contributed by atoms with E-state index in [9.17, 15) is 9.59 Å². The molecule has 1 N–H and O–H groups in total. The van der Waals surface area contributed by atoms with Crippen molar-refractivity contribution in [2.75, 3.05) is 44.8 Å². The van der Waals surface area contributed by atoms with E-state index in [0.717, 1.165) is 0 Å². The van der Waals surface area contributed by atoms with Crippen molar-refractivity contribution in [2.45, 2.75) is 53.1 Å². The highest BCUT2D eigenvalue weighted by Crippen LogP contribution is 2.31. The van der Waals surface area contributed by atoms with Crippen LogP contribution in [0.25, 0.3) is 0 Å². The van der Waals surface area contributed by atoms with Gasteiger partial charge < -0.3 is 24.4 Å². The van der Waals surface area contributed by atoms with Gasteiger partial charge >= 0.3 is 0 Å². The Labute approximate surface area is 186 Å². The van der Waals surface area contributed by atoms with Crippen LogP contribution in [0.5, 0.6) is 5.75 Å². The first-order valence-corrected chi connectivity index (χ1v) is 11.3. The van der Waals surface area contributed by atoms with E-state index in [1.54, 1.807) is 29.2 Å². The third-order valence-electron chi connectivity index (χ3n) is 5.15. The first-order chi connectivity index (χ1) is 14.8. The van der Waals surface area contributed by atoms with Crippen LogP contribution in [-0.2, 0) is 19.1 Å². The molecular weight excluding hydrogens is 396 g/mol. The minimum atomic E-state index is -0.850. The molecule has 7 nitrogen and oxygen atoms in total. The second-order valence-electron chi connectivity index (χ2n) is 8.88. The van der Waals surface area contributed by atoms with Crippen molar-refractivity contribution in [1.82, 2.24) is 4.90 Å². The number of carbonyl (C=O) groups is 2. The van der Waals surface area contributed by atoms with Crippen LogP contribution in [0.2, 0.25) is 0 Å². The lowest BCUT2D eigenvalue weighted by molar-refractivity contribution is -0.146. The summed E-state index contributed by atoms with van der Waals surface area (Å²) in [6.45, 7) is 13.1. The third kappa shape index (κ3) is 7.82. The van der Waals surface area contributed by atoms with Crippen molar-refractivity contribution >= 4 is 17.5 Å². The fourth-order valence-electron chi connectivity index (χ4n) is 3.98. The average molecular weight is 435 g/mol. The Bertz CT molecular complexity index is 686. The van der Waals surface area contributed by atoms with Gasteiger partial charge in [-0.1, -0.05) is 27.7 Å². The summed E-state index contributed by atoms with van der Waals surface area (Å²) in [5, 5.41) is 3.01. The van der Waals surface area contributed by atoms with Crippen LogP contribution in [0.3, 0.4) is 0 Å². The molecule has 2 amide bonds. The molecular formula is C24H38N2O5. The van der Waals surface area contributed by atoms with Crippen molar-refractivity contribution in [3.05, 3.63) is 24.3 Å². The number of amides is 2. The van der Waals surface area contributed by atoms with Gasteiger partial charge in [0.15, 0.2) is 6.61 Å². The van der Waals surface area contributed by atoms with Crippen molar-refractivity contribution in [3.8, 4) is 5.75 Å². The molecule has 2 rings (SSSR count). The molecule has 0 atom stereocenters. The Balaban J connectivity index is 1.98. The fraction of sp³-hybridized carbons (Fsp3) is 0.667. The minimum absolute atomic E-state index is 0.0120. The summed E-state index contributed by atoms with van der Waals surface area (Å²) in [4.78, 5) is 27.2. The summed E-state index contributed by atoms with van der Waals surface area (Å²) in [6, 6.07) is 7.09. The summed E-state index contributed by atoms with van der Waals surface area (Å²) in [7, 11) is 0. The molecule has 0 radical (unpaired) electrons. The van der Waals surface area contributed by atoms with Gasteiger partial charge in [0.1, 0.15) is 11.4 Å². The number of benzene rings is 1. The maximum absolute atomic E-state index is 13.2. The average Bonchev–Trinajstić information content (AvgIpc) is 2.72. The molecule has 1 aromatic rings. The molecule has 1 aromatic carbocycles. The second-order valence-corrected chi connectivity index (χ2v) is 8.88. The monoisotopic (exact) mass is 434 g/mol. The van der Waals surface area contributed by atoms with E-state index in [-0.39, 0.29) is 18.4 Å². The normalized spacial score (nSPS) is 14.7. The van der Waals surface area contributed by atoms with Gasteiger partial charge in [0, 0.05) is 25.4 Å². The zero-order chi connectivity index (χ0) is 22.9. The van der Waals surface area contributed by atoms with Crippen LogP contribution in [0.15, 0.2) is 24.3 Å². The van der Waals surface area contributed by atoms with Crippen LogP contribution in [-0.4, -0.2) is 61.8 Å². The van der Waals surface area contributed by atoms with Crippen LogP contribution in [0.1, 0.15) is 47.5 Å². The van der Waals surface area contributed by atoms with Crippen LogP contribution >= 0.6 is 0 Å². The van der Waals surface area contributed by atoms with Crippen LogP contribution < -0.4 is 10.1 Å². The van der Waals surface area contributed by atoms with Crippen molar-refractivity contribution < 1.29 is 23.8 Å². The molecule has 174 valence electrons. The number of carbonyl (C=O) groups excluding carboxylic acids is 2. The lowest BCUT2D eigenvalue weighted by Gasteiger charge is -2.35. The lowest BCUT2D eigenvalue weighted by atomic mass is 9.83. The number of anilines is 1. The van der Waals surface area contributed by atoms with E-state index >= 15 is 0 Å². The van der Waals surface area contributed by atoms with Crippen LogP contribution in [0.4, 0.5) is 5.69 Å². The Morgan fingerprint density at radius 1 is 1.06 bits per heavy atom. The van der Waals surface area contributed by atoms with Gasteiger partial charge in [0.05, 0.1) is 13.2 Å². The van der Waals surface area contributed by atoms with Gasteiger partial charge in [-0.15, -0.1) is 0 Å². The SMILES string of the molecule is CCOC(CC(C)C)(CC(C)C)C(=O)Nc1ccc(OCC(=O)N2CCOCC2)cc1. The van der Waals surface area contributed by atoms with E-state index in [0.29, 0.717) is 69.0 Å². The lowest BCUT2D eigenvalue weighted by Crippen LogP contribution is -2.47. The van der Waals surface area contributed by atoms with E-state index < -0.39 is 5.60 Å². The maximum atomic E-state index is 13.2. The van der Waals surface area contributed by atoms with Crippen LogP contribution in [0, 0.1) is 11.8 Å². The summed E-state index contributed by atoms with van der Waals surface area (Å²) in [5.74, 6) is 1.07. The smallest absolute Gasteiger partial charge is 0.260 e. The highest BCUT2D eigenvalue weighted by molar-refractivity contribution is 5.97. The minimum Gasteiger partial charge on any atom is -0.484 e. The first-order valence-electron chi connectivity index (χ1n) is 11.3. The third-order valence-corrected chi connectivity index (χ3v) is 5.15. The Hall–Kier alpha value is -2.12. The molecule has 0 bridgehead atoms. The fourth-order valence-corrected chi connectivity index (χ4v) is 3.98. The predicted octanol–water partition coefficient (Wildman–Crippen LogP) is 3.73. The predicted molar refractivity (Wildman–Crippen MR) is 121 cm³/mol. The van der Waals surface area contributed by atoms with E-state index in [1.165, 1.54) is 0 Å². The second kappa shape index (κ2) is 12.1. The van der Waals surface area contributed by atoms with Gasteiger partial charge in [-0.3, -0.25) is 9.59 Å². The summed E-state index contributed by atoms with van der Waals surface area (Å²) < 4.78 is 16.9. The highest BCUT2D eigenvalue weighted by atomic mass is 16.5. The zero-order valence-corrected chi connectivity index (χ0v) is 19.6. The van der Waals surface area contributed by atoms with Crippen molar-refractivity contribution in [3.63, 3.8) is 0 Å². The van der Waals surface area contributed by atoms with E-state index in [2.05, 4.69) is 33.0 Å². The number of rotatable bonds is 11. The number of nitrogens with one attached hydrogen (secondary N) is 1. The summed E-state index contributed by atoms with van der Waals surface area (Å²) in [5.41, 5.74) is -0.176. The van der Waals surface area contributed by atoms with Crippen molar-refractivity contribution in [1.29, 1.82) is 0 Å². The number of nitrogens with zero attached hydrogens (tertiary/aromatic N) is 1. The molecule has 0 unspecified atom stereocenters. The largest absolute Gasteiger partial charge is 0.484 e. The van der Waals surface area contributed by atoms with Gasteiger partial charge in [0.2, 0.25) is 0 Å². The van der Waals surface area contributed by atoms with Gasteiger partial charge in [-0.25, -0.2) is 0 Å².